The number of benzene rings is 2. The van der Waals surface area contributed by atoms with E-state index in [9.17, 15) is 14.7 Å². The van der Waals surface area contributed by atoms with Gasteiger partial charge in [-0.25, -0.2) is 9.59 Å². The second kappa shape index (κ2) is 5.00. The van der Waals surface area contributed by atoms with Crippen LogP contribution in [-0.4, -0.2) is 32.3 Å². The molecular weight excluding hydrogens is 284 g/mol. The predicted molar refractivity (Wildman–Crippen MR) is 80.2 cm³/mol. The van der Waals surface area contributed by atoms with Crippen molar-refractivity contribution in [1.82, 2.24) is 10.2 Å². The molecule has 1 heterocycles. The molecule has 0 atom stereocenters. The van der Waals surface area contributed by atoms with E-state index in [1.165, 1.54) is 19.1 Å². The molecule has 6 heteroatoms. The van der Waals surface area contributed by atoms with Gasteiger partial charge in [0.05, 0.1) is 22.8 Å². The number of nitrogens with zero attached hydrogens (tertiary/aromatic N) is 1. The number of carboxylic acids is 2. The predicted octanol–water partition coefficient (Wildman–Crippen LogP) is 2.93. The Morgan fingerprint density at radius 1 is 1.05 bits per heavy atom. The maximum atomic E-state index is 11.6. The molecule has 0 saturated heterocycles. The van der Waals surface area contributed by atoms with Crippen LogP contribution in [0, 0.1) is 6.92 Å². The van der Waals surface area contributed by atoms with Crippen LogP contribution in [0.2, 0.25) is 0 Å². The highest BCUT2D eigenvalue weighted by molar-refractivity contribution is 6.05. The Morgan fingerprint density at radius 3 is 2.50 bits per heavy atom. The summed E-state index contributed by atoms with van der Waals surface area (Å²) in [6, 6.07) is 8.40. The number of nitrogens with one attached hydrogen (secondary N) is 1. The van der Waals surface area contributed by atoms with Crippen LogP contribution in [-0.2, 0) is 0 Å². The van der Waals surface area contributed by atoms with Crippen molar-refractivity contribution >= 4 is 22.8 Å². The van der Waals surface area contributed by atoms with Crippen molar-refractivity contribution in [2.24, 2.45) is 0 Å². The molecule has 3 aromatic rings. The second-order valence-corrected chi connectivity index (χ2v) is 4.91. The lowest BCUT2D eigenvalue weighted by molar-refractivity contribution is 0.0696. The lowest BCUT2D eigenvalue weighted by atomic mass is 9.92. The van der Waals surface area contributed by atoms with Crippen LogP contribution >= 0.6 is 0 Å². The molecule has 0 aliphatic heterocycles. The van der Waals surface area contributed by atoms with Crippen LogP contribution in [0.1, 0.15) is 26.3 Å². The molecule has 3 rings (SSSR count). The summed E-state index contributed by atoms with van der Waals surface area (Å²) < 4.78 is 0. The molecule has 0 radical (unpaired) electrons. The van der Waals surface area contributed by atoms with Crippen LogP contribution in [0.15, 0.2) is 36.5 Å². The molecule has 2 aromatic carbocycles. The highest BCUT2D eigenvalue weighted by atomic mass is 16.4. The van der Waals surface area contributed by atoms with Crippen molar-refractivity contribution in [2.45, 2.75) is 6.92 Å². The quantitative estimate of drug-likeness (QED) is 0.689. The van der Waals surface area contributed by atoms with E-state index in [-0.39, 0.29) is 16.7 Å². The van der Waals surface area contributed by atoms with Gasteiger partial charge in [-0.3, -0.25) is 5.10 Å². The number of aromatic nitrogens is 2. The lowest BCUT2D eigenvalue weighted by Crippen LogP contribution is -2.09. The summed E-state index contributed by atoms with van der Waals surface area (Å²) in [6.07, 6.45) is 1.65. The zero-order valence-electron chi connectivity index (χ0n) is 11.6. The molecule has 0 fully saturated rings. The van der Waals surface area contributed by atoms with E-state index in [0.717, 1.165) is 5.39 Å². The van der Waals surface area contributed by atoms with Crippen molar-refractivity contribution in [1.29, 1.82) is 0 Å². The monoisotopic (exact) mass is 296 g/mol. The fourth-order valence-corrected chi connectivity index (χ4v) is 2.64. The van der Waals surface area contributed by atoms with E-state index in [0.29, 0.717) is 16.6 Å². The Kier molecular flexibility index (Phi) is 3.14. The van der Waals surface area contributed by atoms with Gasteiger partial charge in [0, 0.05) is 10.9 Å². The first-order chi connectivity index (χ1) is 10.5. The topological polar surface area (TPSA) is 103 Å². The molecular formula is C16H12N2O4. The molecule has 0 spiro atoms. The Labute approximate surface area is 125 Å². The van der Waals surface area contributed by atoms with Crippen molar-refractivity contribution in [3.63, 3.8) is 0 Å². The Balaban J connectivity index is 2.36. The molecule has 0 aliphatic rings. The summed E-state index contributed by atoms with van der Waals surface area (Å²) in [5.41, 5.74) is 2.05. The largest absolute Gasteiger partial charge is 0.478 e. The van der Waals surface area contributed by atoms with Gasteiger partial charge < -0.3 is 10.2 Å². The summed E-state index contributed by atoms with van der Waals surface area (Å²) >= 11 is 0. The summed E-state index contributed by atoms with van der Waals surface area (Å²) in [5, 5.41) is 26.4. The van der Waals surface area contributed by atoms with Crippen LogP contribution < -0.4 is 0 Å². The highest BCUT2D eigenvalue weighted by Gasteiger charge is 2.21. The number of aromatic carboxylic acids is 2. The average molecular weight is 296 g/mol. The molecule has 1 aromatic heterocycles. The Bertz CT molecular complexity index is 912. The first kappa shape index (κ1) is 13.8. The van der Waals surface area contributed by atoms with Gasteiger partial charge in [0.15, 0.2) is 0 Å². The van der Waals surface area contributed by atoms with E-state index in [1.807, 2.05) is 6.07 Å². The average Bonchev–Trinajstić information content (AvgIpc) is 2.94. The van der Waals surface area contributed by atoms with E-state index >= 15 is 0 Å². The summed E-state index contributed by atoms with van der Waals surface area (Å²) in [7, 11) is 0. The number of hydrogen-bond acceptors (Lipinski definition) is 3. The number of carbonyl (C=O) groups is 2. The standard InChI is InChI=1S/C16H12N2O4/c1-8-10(15(19)20)5-6-11(13(8)16(21)22)12-4-2-3-9-7-17-18-14(9)12/h2-7H,1H3,(H,17,18)(H,19,20)(H,21,22). The fraction of sp³-hybridized carbons (Fsp3) is 0.0625. The number of aromatic amines is 1. The smallest absolute Gasteiger partial charge is 0.336 e. The van der Waals surface area contributed by atoms with Gasteiger partial charge in [-0.1, -0.05) is 24.3 Å². The Morgan fingerprint density at radius 2 is 1.82 bits per heavy atom. The number of carboxylic acid groups (broad SMARTS) is 2. The molecule has 0 saturated carbocycles. The molecule has 22 heavy (non-hydrogen) atoms. The molecule has 0 unspecified atom stereocenters. The summed E-state index contributed by atoms with van der Waals surface area (Å²) in [6.45, 7) is 1.50. The van der Waals surface area contributed by atoms with Crippen LogP contribution in [0.3, 0.4) is 0 Å². The fourth-order valence-electron chi connectivity index (χ4n) is 2.64. The van der Waals surface area contributed by atoms with E-state index in [1.54, 1.807) is 18.3 Å². The summed E-state index contributed by atoms with van der Waals surface area (Å²) in [5.74, 6) is -2.31. The zero-order chi connectivity index (χ0) is 15.9. The molecule has 110 valence electrons. The third-order valence-corrected chi connectivity index (χ3v) is 3.68. The number of hydrogen-bond donors (Lipinski definition) is 3. The molecule has 0 amide bonds. The minimum Gasteiger partial charge on any atom is -0.478 e. The van der Waals surface area contributed by atoms with Crippen LogP contribution in [0.4, 0.5) is 0 Å². The maximum absolute atomic E-state index is 11.6. The van der Waals surface area contributed by atoms with E-state index in [2.05, 4.69) is 10.2 Å². The van der Waals surface area contributed by atoms with Gasteiger partial charge in [-0.15, -0.1) is 0 Å². The second-order valence-electron chi connectivity index (χ2n) is 4.91. The van der Waals surface area contributed by atoms with Gasteiger partial charge in [0.2, 0.25) is 0 Å². The van der Waals surface area contributed by atoms with Crippen molar-refractivity contribution in [3.05, 3.63) is 53.2 Å². The maximum Gasteiger partial charge on any atom is 0.336 e. The van der Waals surface area contributed by atoms with E-state index in [4.69, 9.17) is 5.11 Å². The van der Waals surface area contributed by atoms with Crippen LogP contribution in [0.5, 0.6) is 0 Å². The van der Waals surface area contributed by atoms with Gasteiger partial charge in [0.1, 0.15) is 0 Å². The lowest BCUT2D eigenvalue weighted by Gasteiger charge is -2.12. The van der Waals surface area contributed by atoms with E-state index < -0.39 is 11.9 Å². The Hall–Kier alpha value is -3.15. The first-order valence-corrected chi connectivity index (χ1v) is 6.53. The third-order valence-electron chi connectivity index (χ3n) is 3.68. The number of para-hydroxylation sites is 1. The van der Waals surface area contributed by atoms with Crippen molar-refractivity contribution in [3.8, 4) is 11.1 Å². The highest BCUT2D eigenvalue weighted by Crippen LogP contribution is 2.32. The number of rotatable bonds is 3. The zero-order valence-corrected chi connectivity index (χ0v) is 11.6. The molecule has 0 aliphatic carbocycles. The molecule has 0 bridgehead atoms. The van der Waals surface area contributed by atoms with Gasteiger partial charge >= 0.3 is 11.9 Å². The third kappa shape index (κ3) is 2.01. The SMILES string of the molecule is Cc1c(C(=O)O)ccc(-c2cccc3cn[nH]c23)c1C(=O)O. The van der Waals surface area contributed by atoms with Crippen molar-refractivity contribution in [2.75, 3.05) is 0 Å². The van der Waals surface area contributed by atoms with Crippen LogP contribution in [0.25, 0.3) is 22.0 Å². The minimum absolute atomic E-state index is 0.0120. The number of fused-ring (bicyclic) bond motifs is 1. The number of H-pyrrole nitrogens is 1. The normalized spacial score (nSPS) is 10.8. The molecule has 6 nitrogen and oxygen atoms in total. The van der Waals surface area contributed by atoms with Gasteiger partial charge in [-0.05, 0) is 24.1 Å². The summed E-state index contributed by atoms with van der Waals surface area (Å²) in [4.78, 5) is 22.9. The molecule has 3 N–H and O–H groups in total. The van der Waals surface area contributed by atoms with Crippen molar-refractivity contribution < 1.29 is 19.8 Å². The first-order valence-electron chi connectivity index (χ1n) is 6.53. The van der Waals surface area contributed by atoms with Gasteiger partial charge in [0.25, 0.3) is 0 Å². The minimum atomic E-state index is -1.16. The van der Waals surface area contributed by atoms with Gasteiger partial charge in [-0.2, -0.15) is 5.10 Å².